The molecule has 0 saturated carbocycles. The fraction of sp³-hybridized carbons (Fsp3) is 0.818. The van der Waals surface area contributed by atoms with Crippen molar-refractivity contribution in [2.75, 3.05) is 19.6 Å². The van der Waals surface area contributed by atoms with Crippen LogP contribution < -0.4 is 5.32 Å². The van der Waals surface area contributed by atoms with Gasteiger partial charge in [-0.2, -0.15) is 0 Å². The molecule has 15 heavy (non-hydrogen) atoms. The van der Waals surface area contributed by atoms with E-state index in [2.05, 4.69) is 5.32 Å². The third kappa shape index (κ3) is 2.30. The normalized spacial score (nSPS) is 27.3. The van der Waals surface area contributed by atoms with Crippen LogP contribution in [0.5, 0.6) is 0 Å². The first-order valence-electron chi connectivity index (χ1n) is 5.85. The first kappa shape index (κ1) is 10.5. The van der Waals surface area contributed by atoms with E-state index in [0.29, 0.717) is 0 Å². The van der Waals surface area contributed by atoms with Gasteiger partial charge in [0, 0.05) is 19.6 Å². The molecule has 2 fully saturated rings. The number of hydrogen-bond donors (Lipinski definition) is 1. The summed E-state index contributed by atoms with van der Waals surface area (Å²) in [5.41, 5.74) is 0. The third-order valence-corrected chi connectivity index (χ3v) is 3.25. The molecule has 2 heterocycles. The minimum Gasteiger partial charge on any atom is -0.355 e. The van der Waals surface area contributed by atoms with Gasteiger partial charge >= 0.3 is 0 Å². The summed E-state index contributed by atoms with van der Waals surface area (Å²) in [7, 11) is 0. The number of carbonyl (C=O) groups is 2. The van der Waals surface area contributed by atoms with E-state index in [4.69, 9.17) is 0 Å². The van der Waals surface area contributed by atoms with Crippen LogP contribution in [0.1, 0.15) is 32.1 Å². The zero-order valence-corrected chi connectivity index (χ0v) is 9.00. The molecule has 2 aliphatic rings. The molecule has 0 aliphatic carbocycles. The van der Waals surface area contributed by atoms with Gasteiger partial charge in [-0.3, -0.25) is 9.59 Å². The first-order valence-corrected chi connectivity index (χ1v) is 5.85. The maximum absolute atomic E-state index is 12.0. The Morgan fingerprint density at radius 2 is 1.93 bits per heavy atom. The van der Waals surface area contributed by atoms with E-state index in [1.165, 1.54) is 6.42 Å². The highest BCUT2D eigenvalue weighted by Crippen LogP contribution is 2.18. The zero-order valence-electron chi connectivity index (χ0n) is 9.00. The van der Waals surface area contributed by atoms with Crippen LogP contribution in [0.15, 0.2) is 0 Å². The van der Waals surface area contributed by atoms with Gasteiger partial charge in [-0.1, -0.05) is 0 Å². The summed E-state index contributed by atoms with van der Waals surface area (Å²) in [4.78, 5) is 25.4. The highest BCUT2D eigenvalue weighted by atomic mass is 16.2. The molecule has 4 nitrogen and oxygen atoms in total. The molecule has 0 unspecified atom stereocenters. The predicted octanol–water partition coefficient (Wildman–Crippen LogP) is 0.525. The lowest BCUT2D eigenvalue weighted by atomic mass is 9.96. The molecule has 0 radical (unpaired) electrons. The van der Waals surface area contributed by atoms with E-state index in [9.17, 15) is 9.59 Å². The average Bonchev–Trinajstić information content (AvgIpc) is 2.30. The van der Waals surface area contributed by atoms with Gasteiger partial charge in [-0.25, -0.2) is 0 Å². The lowest BCUT2D eigenvalue weighted by molar-refractivity contribution is -0.144. The number of nitrogens with zero attached hydrogens (tertiary/aromatic N) is 1. The summed E-state index contributed by atoms with van der Waals surface area (Å²) in [5, 5.41) is 2.77. The molecule has 2 rings (SSSR count). The topological polar surface area (TPSA) is 49.4 Å². The molecule has 0 aromatic heterocycles. The van der Waals surface area contributed by atoms with Crippen molar-refractivity contribution in [2.24, 2.45) is 5.92 Å². The van der Waals surface area contributed by atoms with Gasteiger partial charge in [0.1, 0.15) is 5.92 Å². The van der Waals surface area contributed by atoms with Crippen LogP contribution in [0.2, 0.25) is 0 Å². The van der Waals surface area contributed by atoms with Crippen molar-refractivity contribution in [2.45, 2.75) is 32.1 Å². The Bertz CT molecular complexity index is 259. The molecule has 0 spiro atoms. The molecule has 2 aliphatic heterocycles. The Morgan fingerprint density at radius 1 is 1.20 bits per heavy atom. The van der Waals surface area contributed by atoms with E-state index in [1.807, 2.05) is 4.90 Å². The second-order valence-corrected chi connectivity index (χ2v) is 4.37. The Labute approximate surface area is 90.0 Å². The van der Waals surface area contributed by atoms with E-state index in [0.717, 1.165) is 45.3 Å². The van der Waals surface area contributed by atoms with Crippen LogP contribution in [-0.4, -0.2) is 36.3 Å². The number of piperidine rings is 2. The number of rotatable bonds is 1. The number of nitrogens with one attached hydrogen (secondary N) is 1. The fourth-order valence-electron chi connectivity index (χ4n) is 2.34. The molecule has 0 bridgehead atoms. The van der Waals surface area contributed by atoms with Crippen molar-refractivity contribution in [1.82, 2.24) is 10.2 Å². The second kappa shape index (κ2) is 4.64. The molecule has 2 amide bonds. The Hall–Kier alpha value is -1.06. The predicted molar refractivity (Wildman–Crippen MR) is 56.2 cm³/mol. The van der Waals surface area contributed by atoms with Crippen molar-refractivity contribution in [3.05, 3.63) is 0 Å². The van der Waals surface area contributed by atoms with Crippen LogP contribution in [0, 0.1) is 5.92 Å². The summed E-state index contributed by atoms with van der Waals surface area (Å²) in [5.74, 6) is -0.430. The van der Waals surface area contributed by atoms with E-state index in [1.54, 1.807) is 0 Å². The SMILES string of the molecule is O=C1NCCC[C@@H]1C(=O)N1CCCCC1. The lowest BCUT2D eigenvalue weighted by Crippen LogP contribution is -2.48. The highest BCUT2D eigenvalue weighted by Gasteiger charge is 2.32. The summed E-state index contributed by atoms with van der Waals surface area (Å²) >= 11 is 0. The van der Waals surface area contributed by atoms with Crippen molar-refractivity contribution in [3.8, 4) is 0 Å². The smallest absolute Gasteiger partial charge is 0.235 e. The minimum absolute atomic E-state index is 0.0481. The molecule has 0 aromatic rings. The van der Waals surface area contributed by atoms with Gasteiger partial charge in [0.05, 0.1) is 0 Å². The first-order chi connectivity index (χ1) is 7.29. The summed E-state index contributed by atoms with van der Waals surface area (Å²) < 4.78 is 0. The number of carbonyl (C=O) groups excluding carboxylic acids is 2. The van der Waals surface area contributed by atoms with Crippen molar-refractivity contribution >= 4 is 11.8 Å². The number of amides is 2. The van der Waals surface area contributed by atoms with E-state index < -0.39 is 5.92 Å². The monoisotopic (exact) mass is 210 g/mol. The van der Waals surface area contributed by atoms with Gasteiger partial charge in [0.15, 0.2) is 0 Å². The van der Waals surface area contributed by atoms with Crippen molar-refractivity contribution in [1.29, 1.82) is 0 Å². The van der Waals surface area contributed by atoms with E-state index in [-0.39, 0.29) is 11.8 Å². The van der Waals surface area contributed by atoms with Gasteiger partial charge < -0.3 is 10.2 Å². The van der Waals surface area contributed by atoms with Crippen LogP contribution in [0.3, 0.4) is 0 Å². The minimum atomic E-state index is -0.406. The zero-order chi connectivity index (χ0) is 10.7. The van der Waals surface area contributed by atoms with Crippen LogP contribution in [-0.2, 0) is 9.59 Å². The van der Waals surface area contributed by atoms with Gasteiger partial charge in [0.25, 0.3) is 0 Å². The molecular weight excluding hydrogens is 192 g/mol. The van der Waals surface area contributed by atoms with Crippen LogP contribution in [0.25, 0.3) is 0 Å². The fourth-order valence-corrected chi connectivity index (χ4v) is 2.34. The molecule has 0 aromatic carbocycles. The summed E-state index contributed by atoms with van der Waals surface area (Å²) in [6, 6.07) is 0. The largest absolute Gasteiger partial charge is 0.355 e. The highest BCUT2D eigenvalue weighted by molar-refractivity contribution is 6.00. The molecule has 84 valence electrons. The standard InChI is InChI=1S/C11H18N2O2/c14-10-9(5-4-6-12-10)11(15)13-7-2-1-3-8-13/h9H,1-8H2,(H,12,14)/t9-/m0/s1. The Kier molecular flexibility index (Phi) is 3.23. The Balaban J connectivity index is 1.95. The molecule has 1 N–H and O–H groups in total. The number of hydrogen-bond acceptors (Lipinski definition) is 2. The second-order valence-electron chi connectivity index (χ2n) is 4.37. The lowest BCUT2D eigenvalue weighted by Gasteiger charge is -2.31. The maximum Gasteiger partial charge on any atom is 0.235 e. The van der Waals surface area contributed by atoms with Crippen LogP contribution in [0.4, 0.5) is 0 Å². The van der Waals surface area contributed by atoms with Gasteiger partial charge in [0.2, 0.25) is 11.8 Å². The quantitative estimate of drug-likeness (QED) is 0.642. The molecule has 2 saturated heterocycles. The maximum atomic E-state index is 12.0. The Morgan fingerprint density at radius 3 is 2.60 bits per heavy atom. The average molecular weight is 210 g/mol. The van der Waals surface area contributed by atoms with Crippen molar-refractivity contribution in [3.63, 3.8) is 0 Å². The van der Waals surface area contributed by atoms with Gasteiger partial charge in [-0.15, -0.1) is 0 Å². The molecule has 4 heteroatoms. The molecular formula is C11H18N2O2. The summed E-state index contributed by atoms with van der Waals surface area (Å²) in [6.45, 7) is 2.40. The number of likely N-dealkylation sites (tertiary alicyclic amines) is 1. The van der Waals surface area contributed by atoms with Crippen molar-refractivity contribution < 1.29 is 9.59 Å². The van der Waals surface area contributed by atoms with Crippen LogP contribution >= 0.6 is 0 Å². The molecule has 1 atom stereocenters. The third-order valence-electron chi connectivity index (χ3n) is 3.25. The van der Waals surface area contributed by atoms with E-state index >= 15 is 0 Å². The summed E-state index contributed by atoms with van der Waals surface area (Å²) in [6.07, 6.45) is 5.03. The van der Waals surface area contributed by atoms with Gasteiger partial charge in [-0.05, 0) is 32.1 Å².